The van der Waals surface area contributed by atoms with E-state index in [-0.39, 0.29) is 0 Å². The molecule has 0 aliphatic carbocycles. The van der Waals surface area contributed by atoms with Gasteiger partial charge < -0.3 is 9.13 Å². The molecular formula is C99H57N7. The molecule has 3 heterocycles. The highest BCUT2D eigenvalue weighted by Gasteiger charge is 2.26. The Balaban J connectivity index is 0.000000140. The van der Waals surface area contributed by atoms with Gasteiger partial charge in [-0.25, -0.2) is 15.0 Å². The van der Waals surface area contributed by atoms with Crippen LogP contribution in [0.1, 0.15) is 11.1 Å². The van der Waals surface area contributed by atoms with Gasteiger partial charge in [-0.3, -0.25) is 0 Å². The molecule has 0 saturated carbocycles. The molecule has 0 spiro atoms. The highest BCUT2D eigenvalue weighted by molar-refractivity contribution is 6.31. The summed E-state index contributed by atoms with van der Waals surface area (Å²) in [6, 6.07) is 127. The van der Waals surface area contributed by atoms with Crippen LogP contribution < -0.4 is 0 Å². The average molecular weight is 1340 g/mol. The van der Waals surface area contributed by atoms with E-state index < -0.39 is 0 Å². The van der Waals surface area contributed by atoms with Crippen LogP contribution in [-0.2, 0) is 0 Å². The van der Waals surface area contributed by atoms with Crippen LogP contribution >= 0.6 is 0 Å². The zero-order valence-corrected chi connectivity index (χ0v) is 57.0. The van der Waals surface area contributed by atoms with Crippen LogP contribution in [0.2, 0.25) is 0 Å². The molecule has 488 valence electrons. The van der Waals surface area contributed by atoms with Crippen LogP contribution in [0.3, 0.4) is 0 Å². The minimum Gasteiger partial charge on any atom is -0.309 e. The lowest BCUT2D eigenvalue weighted by Crippen LogP contribution is -2.00. The third-order valence-corrected chi connectivity index (χ3v) is 21.8. The molecule has 22 rings (SSSR count). The van der Waals surface area contributed by atoms with Gasteiger partial charge in [0.25, 0.3) is 0 Å². The Labute approximate surface area is 608 Å². The summed E-state index contributed by atoms with van der Waals surface area (Å²) in [5.74, 6) is 1.90. The van der Waals surface area contributed by atoms with Crippen molar-refractivity contribution in [3.05, 3.63) is 357 Å². The number of para-hydroxylation sites is 2. The van der Waals surface area contributed by atoms with E-state index >= 15 is 0 Å². The van der Waals surface area contributed by atoms with Gasteiger partial charge in [-0.15, -0.1) is 0 Å². The Hall–Kier alpha value is -14.6. The minimum atomic E-state index is 0.631. The molecule has 22 aromatic rings. The molecule has 0 aliphatic rings. The highest BCUT2D eigenvalue weighted by atomic mass is 15.0. The lowest BCUT2D eigenvalue weighted by molar-refractivity contribution is 1.08. The first kappa shape index (κ1) is 60.2. The van der Waals surface area contributed by atoms with Crippen molar-refractivity contribution in [3.8, 4) is 91.1 Å². The van der Waals surface area contributed by atoms with Crippen molar-refractivity contribution >= 4 is 130 Å². The standard InChI is InChI=1S/C54H31N5.C45H26N2/c55-32-35-24-28-48-50-37(35)25-26-43-42(27-29-49(51(43)50)59(48)36-18-8-3-9-19-36)44-30-45-40-22-12-13-23-41(40)47(31-46(45)39-21-11-10-20-38(39)44)54-57-52(33-14-4-1-5-15-33)56-53(58-54)34-16-6-2-7-17-34;46-27-31-19-24-42-44-35(31)21-22-39-34(23-25-43(45(39)44)47(42)32-9-2-1-3-10-32)29-14-16-30(17-15-29)40-26-41-33-11-5-4-8-28(33)18-20-38(41)36-12-6-7-13-37(36)40/h1-31H;1-26H. The summed E-state index contributed by atoms with van der Waals surface area (Å²) >= 11 is 0. The summed E-state index contributed by atoms with van der Waals surface area (Å²) in [4.78, 5) is 15.3. The first-order chi connectivity index (χ1) is 52.5. The predicted molar refractivity (Wildman–Crippen MR) is 439 cm³/mol. The Morgan fingerprint density at radius 3 is 1.07 bits per heavy atom. The van der Waals surface area contributed by atoms with Gasteiger partial charge in [0.15, 0.2) is 17.5 Å². The van der Waals surface area contributed by atoms with Gasteiger partial charge in [0, 0.05) is 60.4 Å². The Bertz CT molecular complexity index is 7380. The van der Waals surface area contributed by atoms with E-state index in [1.165, 1.54) is 70.7 Å². The molecule has 0 N–H and O–H groups in total. The summed E-state index contributed by atoms with van der Waals surface area (Å²) < 4.78 is 4.66. The number of fused-ring (bicyclic) bond motifs is 10. The van der Waals surface area contributed by atoms with Gasteiger partial charge in [0.05, 0.1) is 45.3 Å². The molecule has 0 bridgehead atoms. The second-order valence-electron chi connectivity index (χ2n) is 27.4. The number of nitriles is 2. The topological polar surface area (TPSA) is 96.1 Å². The van der Waals surface area contributed by atoms with E-state index in [2.05, 4.69) is 282 Å². The van der Waals surface area contributed by atoms with Gasteiger partial charge in [-0.1, -0.05) is 267 Å². The van der Waals surface area contributed by atoms with Crippen molar-refractivity contribution < 1.29 is 0 Å². The Morgan fingerprint density at radius 2 is 0.547 bits per heavy atom. The molecule has 3 aromatic heterocycles. The summed E-state index contributed by atoms with van der Waals surface area (Å²) in [7, 11) is 0. The predicted octanol–water partition coefficient (Wildman–Crippen LogP) is 25.6. The van der Waals surface area contributed by atoms with E-state index in [1.807, 2.05) is 84.9 Å². The van der Waals surface area contributed by atoms with Gasteiger partial charge in [0.1, 0.15) is 0 Å². The number of benzene rings is 19. The van der Waals surface area contributed by atoms with Gasteiger partial charge >= 0.3 is 0 Å². The monoisotopic (exact) mass is 1340 g/mol. The number of aromatic nitrogens is 5. The fraction of sp³-hybridized carbons (Fsp3) is 0. The first-order valence-electron chi connectivity index (χ1n) is 35.8. The molecule has 0 radical (unpaired) electrons. The molecule has 0 amide bonds. The number of hydrogen-bond donors (Lipinski definition) is 0. The first-order valence-corrected chi connectivity index (χ1v) is 35.8. The molecule has 19 aromatic carbocycles. The maximum absolute atomic E-state index is 10.2. The second-order valence-corrected chi connectivity index (χ2v) is 27.4. The average Bonchev–Trinajstić information content (AvgIpc) is 1.63. The summed E-state index contributed by atoms with van der Waals surface area (Å²) in [6.07, 6.45) is 0. The molecule has 0 atom stereocenters. The lowest BCUT2D eigenvalue weighted by Gasteiger charge is -2.17. The van der Waals surface area contributed by atoms with E-state index in [9.17, 15) is 10.5 Å². The third-order valence-electron chi connectivity index (χ3n) is 21.8. The summed E-state index contributed by atoms with van der Waals surface area (Å²) in [5, 5.41) is 43.5. The van der Waals surface area contributed by atoms with E-state index in [1.54, 1.807) is 0 Å². The fourth-order valence-electron chi connectivity index (χ4n) is 17.1. The van der Waals surface area contributed by atoms with Crippen molar-refractivity contribution in [2.75, 3.05) is 0 Å². The number of nitrogens with zero attached hydrogens (tertiary/aromatic N) is 7. The van der Waals surface area contributed by atoms with Crippen molar-refractivity contribution in [3.63, 3.8) is 0 Å². The molecule has 7 heteroatoms. The summed E-state index contributed by atoms with van der Waals surface area (Å²) in [6.45, 7) is 0. The summed E-state index contributed by atoms with van der Waals surface area (Å²) in [5.41, 5.74) is 18.0. The zero-order chi connectivity index (χ0) is 70.1. The quantitative estimate of drug-likeness (QED) is 0.141. The SMILES string of the molecule is N#Cc1ccc2c3c1ccc1c(-c4cc5c6ccccc6c(-c6nc(-c7ccccc7)nc(-c7ccccc7)n6)cc5c5ccccc45)ccc(c13)n2-c1ccccc1.N#Cc1ccc2c3c1ccc1c(-c4ccc(-c5cc6c7ccccc7ccc6c6ccccc56)cc4)ccc(c13)n2-c1ccccc1. The Morgan fingerprint density at radius 1 is 0.208 bits per heavy atom. The van der Waals surface area contributed by atoms with E-state index in [0.29, 0.717) is 28.6 Å². The molecule has 0 aliphatic heterocycles. The molecule has 106 heavy (non-hydrogen) atoms. The van der Waals surface area contributed by atoms with Crippen LogP contribution in [0.25, 0.3) is 209 Å². The molecule has 0 saturated heterocycles. The van der Waals surface area contributed by atoms with E-state index in [0.717, 1.165) is 121 Å². The smallest absolute Gasteiger partial charge is 0.164 e. The minimum absolute atomic E-state index is 0.631. The number of hydrogen-bond acceptors (Lipinski definition) is 5. The van der Waals surface area contributed by atoms with Crippen LogP contribution in [0.5, 0.6) is 0 Å². The molecule has 7 nitrogen and oxygen atoms in total. The molecule has 0 unspecified atom stereocenters. The van der Waals surface area contributed by atoms with Crippen LogP contribution in [0, 0.1) is 22.7 Å². The third kappa shape index (κ3) is 9.27. The van der Waals surface area contributed by atoms with Crippen LogP contribution in [-0.4, -0.2) is 24.1 Å². The molecular weight excluding hydrogens is 1290 g/mol. The van der Waals surface area contributed by atoms with Crippen molar-refractivity contribution in [1.29, 1.82) is 10.5 Å². The number of rotatable bonds is 8. The van der Waals surface area contributed by atoms with Crippen LogP contribution in [0.15, 0.2) is 346 Å². The van der Waals surface area contributed by atoms with E-state index in [4.69, 9.17) is 15.0 Å². The Kier molecular flexibility index (Phi) is 13.6. The van der Waals surface area contributed by atoms with Gasteiger partial charge in [0.2, 0.25) is 0 Å². The zero-order valence-electron chi connectivity index (χ0n) is 57.0. The normalized spacial score (nSPS) is 11.8. The lowest BCUT2D eigenvalue weighted by atomic mass is 9.87. The highest BCUT2D eigenvalue weighted by Crippen LogP contribution is 2.49. The maximum Gasteiger partial charge on any atom is 0.164 e. The fourth-order valence-corrected chi connectivity index (χ4v) is 17.1. The largest absolute Gasteiger partial charge is 0.309 e. The second kappa shape index (κ2) is 24.0. The van der Waals surface area contributed by atoms with Crippen molar-refractivity contribution in [2.45, 2.75) is 0 Å². The van der Waals surface area contributed by atoms with Crippen molar-refractivity contribution in [1.82, 2.24) is 24.1 Å². The molecule has 0 fully saturated rings. The van der Waals surface area contributed by atoms with Gasteiger partial charge in [-0.2, -0.15) is 10.5 Å². The van der Waals surface area contributed by atoms with Gasteiger partial charge in [-0.05, 0) is 188 Å². The van der Waals surface area contributed by atoms with Crippen LogP contribution in [0.4, 0.5) is 0 Å². The van der Waals surface area contributed by atoms with Crippen molar-refractivity contribution in [2.24, 2.45) is 0 Å². The maximum atomic E-state index is 10.2.